The molecule has 0 radical (unpaired) electrons. The molecule has 3 N–H and O–H groups in total. The fraction of sp³-hybridized carbons (Fsp3) is 0.486. The molecule has 0 aromatic heterocycles. The molecule has 3 aromatic rings. The molecule has 2 fully saturated rings. The van der Waals surface area contributed by atoms with Gasteiger partial charge < -0.3 is 15.5 Å². The van der Waals surface area contributed by atoms with Gasteiger partial charge in [-0.25, -0.2) is 8.42 Å². The highest BCUT2D eigenvalue weighted by atomic mass is 32.2. The van der Waals surface area contributed by atoms with Crippen molar-refractivity contribution in [3.8, 4) is 0 Å². The maximum Gasteiger partial charge on any atom is 0.297 e. The van der Waals surface area contributed by atoms with E-state index in [-0.39, 0.29) is 53.0 Å². The van der Waals surface area contributed by atoms with Crippen LogP contribution in [0, 0.1) is 32.6 Å². The molecule has 276 valence electrons. The largest absolute Gasteiger partial charge is 0.396 e. The van der Waals surface area contributed by atoms with Gasteiger partial charge in [-0.2, -0.15) is 21.1 Å². The first-order chi connectivity index (χ1) is 23.7. The monoisotopic (exact) mass is 752 g/mol. The Morgan fingerprint density at radius 1 is 0.640 bits per heavy atom. The van der Waals surface area contributed by atoms with Gasteiger partial charge in [0.25, 0.3) is 20.2 Å². The van der Waals surface area contributed by atoms with Gasteiger partial charge in [0.05, 0.1) is 40.5 Å². The van der Waals surface area contributed by atoms with Gasteiger partial charge in [0.15, 0.2) is 0 Å². The molecule has 4 atom stereocenters. The average molecular weight is 753 g/mol. The minimum absolute atomic E-state index is 0.0206. The highest BCUT2D eigenvalue weighted by Crippen LogP contribution is 2.32. The van der Waals surface area contributed by atoms with Crippen molar-refractivity contribution in [3.05, 3.63) is 89.5 Å². The van der Waals surface area contributed by atoms with Crippen LogP contribution in [0.1, 0.15) is 42.4 Å². The van der Waals surface area contributed by atoms with E-state index in [0.717, 1.165) is 36.1 Å². The van der Waals surface area contributed by atoms with E-state index in [0.29, 0.717) is 12.8 Å². The van der Waals surface area contributed by atoms with Crippen molar-refractivity contribution in [2.75, 3.05) is 39.5 Å². The number of aliphatic hydroxyl groups excluding tert-OH is 2. The van der Waals surface area contributed by atoms with Crippen molar-refractivity contribution < 1.29 is 43.8 Å². The van der Waals surface area contributed by atoms with Crippen LogP contribution in [0.5, 0.6) is 0 Å². The van der Waals surface area contributed by atoms with E-state index >= 15 is 0 Å². The number of hydrogen-bond donors (Lipinski definition) is 3. The van der Waals surface area contributed by atoms with Crippen molar-refractivity contribution in [2.45, 2.75) is 73.2 Å². The van der Waals surface area contributed by atoms with Crippen LogP contribution in [-0.2, 0) is 38.6 Å². The average Bonchev–Trinajstić information content (AvgIpc) is 3.10. The summed E-state index contributed by atoms with van der Waals surface area (Å²) in [6.07, 6.45) is 3.00. The molecule has 0 spiro atoms. The molecule has 0 aliphatic carbocycles. The number of aryl methyl sites for hydroxylation is 3. The Bertz CT molecular complexity index is 1840. The SMILES string of the molecule is Cc1ccc(S(=O)(=O)OC[C@@H]2CCCN(S(=O)(=O)c3ccc(C)cc3)[C@@H]2COS(=O)(=O)c2ccc(C)cc2)cc1.OC[C@@H]1CCCN[C@@H]1CO. The standard InChI is InChI=1S/C28H33NO8S3.C7H15NO2/c1-21-6-12-25(13-7-21)38(30,31)29-18-4-5-24(19-36-39(32,33)26-14-8-22(2)9-15-26)28(29)20-37-40(34,35)27-16-10-23(3)11-17-27;9-4-6-2-1-3-8-7(6)5-10/h6-17,24,28H,4-5,18-20H2,1-3H3;6-10H,1-5H2/t24-,28+;6-,7+/m00/s1. The second-order valence-corrected chi connectivity index (χ2v) is 18.0. The lowest BCUT2D eigenvalue weighted by Crippen LogP contribution is -2.52. The smallest absolute Gasteiger partial charge is 0.297 e. The van der Waals surface area contributed by atoms with Crippen LogP contribution in [0.3, 0.4) is 0 Å². The molecule has 2 saturated heterocycles. The summed E-state index contributed by atoms with van der Waals surface area (Å²) in [5.41, 5.74) is 2.64. The molecule has 2 aliphatic rings. The molecule has 5 rings (SSSR count). The Hall–Kier alpha value is -2.73. The molecule has 0 bridgehead atoms. The number of benzene rings is 3. The Balaban J connectivity index is 0.000000482. The molecule has 0 saturated carbocycles. The topological polar surface area (TPSA) is 177 Å². The number of rotatable bonds is 12. The lowest BCUT2D eigenvalue weighted by Gasteiger charge is -2.39. The van der Waals surface area contributed by atoms with Crippen LogP contribution < -0.4 is 5.32 Å². The van der Waals surface area contributed by atoms with Crippen molar-refractivity contribution in [1.82, 2.24) is 9.62 Å². The Morgan fingerprint density at radius 3 is 1.56 bits per heavy atom. The van der Waals surface area contributed by atoms with Crippen LogP contribution >= 0.6 is 0 Å². The summed E-state index contributed by atoms with van der Waals surface area (Å²) in [6.45, 7) is 6.08. The van der Waals surface area contributed by atoms with Gasteiger partial charge in [0.1, 0.15) is 0 Å². The van der Waals surface area contributed by atoms with Crippen LogP contribution in [0.25, 0.3) is 0 Å². The van der Waals surface area contributed by atoms with E-state index in [1.165, 1.54) is 40.7 Å². The maximum atomic E-state index is 13.7. The van der Waals surface area contributed by atoms with E-state index < -0.39 is 48.8 Å². The van der Waals surface area contributed by atoms with E-state index in [9.17, 15) is 25.3 Å². The van der Waals surface area contributed by atoms with E-state index in [4.69, 9.17) is 18.6 Å². The fourth-order valence-electron chi connectivity index (χ4n) is 5.99. The molecule has 3 aromatic carbocycles. The normalized spacial score (nSPS) is 22.0. The van der Waals surface area contributed by atoms with Gasteiger partial charge in [-0.05, 0) is 95.3 Å². The van der Waals surface area contributed by atoms with Crippen molar-refractivity contribution in [1.29, 1.82) is 0 Å². The summed E-state index contributed by atoms with van der Waals surface area (Å²) >= 11 is 0. The maximum absolute atomic E-state index is 13.7. The van der Waals surface area contributed by atoms with Crippen LogP contribution in [-0.4, -0.2) is 91.4 Å². The number of piperidine rings is 2. The van der Waals surface area contributed by atoms with Crippen LogP contribution in [0.2, 0.25) is 0 Å². The Kier molecular flexibility index (Phi) is 14.1. The summed E-state index contributed by atoms with van der Waals surface area (Å²) in [5.74, 6) is -0.388. The van der Waals surface area contributed by atoms with Crippen LogP contribution in [0.4, 0.5) is 0 Å². The van der Waals surface area contributed by atoms with Gasteiger partial charge in [0.2, 0.25) is 10.0 Å². The molecule has 0 amide bonds. The van der Waals surface area contributed by atoms with E-state index in [1.807, 2.05) is 20.8 Å². The molecule has 50 heavy (non-hydrogen) atoms. The van der Waals surface area contributed by atoms with E-state index in [1.54, 1.807) is 36.4 Å². The summed E-state index contributed by atoms with van der Waals surface area (Å²) < 4.78 is 91.1. The van der Waals surface area contributed by atoms with Gasteiger partial charge >= 0.3 is 0 Å². The number of hydrogen-bond acceptors (Lipinski definition) is 11. The second-order valence-electron chi connectivity index (χ2n) is 12.8. The molecule has 15 heteroatoms. The highest BCUT2D eigenvalue weighted by molar-refractivity contribution is 7.89. The molecule has 0 unspecified atom stereocenters. The molecule has 2 aliphatic heterocycles. The third-order valence-corrected chi connectivity index (χ3v) is 13.6. The molecule has 12 nitrogen and oxygen atoms in total. The number of nitrogens with one attached hydrogen (secondary N) is 1. The summed E-state index contributed by atoms with van der Waals surface area (Å²) in [4.78, 5) is -0.0253. The zero-order valence-corrected chi connectivity index (χ0v) is 31.1. The third kappa shape index (κ3) is 10.4. The van der Waals surface area contributed by atoms with Gasteiger partial charge in [0, 0.05) is 25.1 Å². The van der Waals surface area contributed by atoms with Gasteiger partial charge in [-0.15, -0.1) is 0 Å². The molecular formula is C35H48N2O10S3. The summed E-state index contributed by atoms with van der Waals surface area (Å²) in [7, 11) is -12.4. The van der Waals surface area contributed by atoms with Crippen molar-refractivity contribution in [2.24, 2.45) is 11.8 Å². The molecular weight excluding hydrogens is 705 g/mol. The minimum Gasteiger partial charge on any atom is -0.396 e. The lowest BCUT2D eigenvalue weighted by molar-refractivity contribution is 0.0863. The van der Waals surface area contributed by atoms with Crippen LogP contribution in [0.15, 0.2) is 87.5 Å². The number of aliphatic hydroxyl groups is 2. The van der Waals surface area contributed by atoms with E-state index in [2.05, 4.69) is 5.32 Å². The first-order valence-electron chi connectivity index (χ1n) is 16.6. The summed E-state index contributed by atoms with van der Waals surface area (Å²) in [5, 5.41) is 20.8. The first-order valence-corrected chi connectivity index (χ1v) is 20.9. The second kappa shape index (κ2) is 17.7. The predicted octanol–water partition coefficient (Wildman–Crippen LogP) is 3.53. The molecule has 2 heterocycles. The predicted molar refractivity (Wildman–Crippen MR) is 189 cm³/mol. The third-order valence-electron chi connectivity index (χ3n) is 9.10. The number of sulfonamides is 1. The van der Waals surface area contributed by atoms with Gasteiger partial charge in [-0.1, -0.05) is 53.1 Å². The quantitative estimate of drug-likeness (QED) is 0.231. The first kappa shape index (κ1) is 40.0. The lowest BCUT2D eigenvalue weighted by atomic mass is 9.92. The van der Waals surface area contributed by atoms with Crippen molar-refractivity contribution in [3.63, 3.8) is 0 Å². The zero-order chi connectivity index (χ0) is 36.5. The van der Waals surface area contributed by atoms with Crippen molar-refractivity contribution >= 4 is 30.3 Å². The summed E-state index contributed by atoms with van der Waals surface area (Å²) in [6, 6.07) is 17.8. The zero-order valence-electron chi connectivity index (χ0n) is 28.6. The fourth-order valence-corrected chi connectivity index (χ4v) is 9.59. The minimum atomic E-state index is -4.21. The Morgan fingerprint density at radius 2 is 1.10 bits per heavy atom. The Labute approximate surface area is 296 Å². The highest BCUT2D eigenvalue weighted by Gasteiger charge is 2.41. The van der Waals surface area contributed by atoms with Gasteiger partial charge in [-0.3, -0.25) is 8.37 Å². The number of nitrogens with zero attached hydrogens (tertiary/aromatic N) is 1.